The molecule has 2 aromatic rings. The Kier molecular flexibility index (Phi) is 6.98. The number of ether oxygens (including phenoxy) is 1. The van der Waals surface area contributed by atoms with Crippen molar-refractivity contribution in [1.82, 2.24) is 4.90 Å². The number of thioether (sulfide) groups is 1. The van der Waals surface area contributed by atoms with E-state index in [1.165, 1.54) is 0 Å². The zero-order chi connectivity index (χ0) is 21.7. The van der Waals surface area contributed by atoms with Gasteiger partial charge in [-0.25, -0.2) is 0 Å². The third-order valence-corrected chi connectivity index (χ3v) is 5.60. The summed E-state index contributed by atoms with van der Waals surface area (Å²) >= 11 is 4.25. The van der Waals surface area contributed by atoms with Crippen LogP contribution in [0.5, 0.6) is 5.75 Å². The molecule has 0 saturated carbocycles. The molecule has 1 heterocycles. The number of benzene rings is 2. The maximum absolute atomic E-state index is 12.2. The molecule has 152 valence electrons. The summed E-state index contributed by atoms with van der Waals surface area (Å²) in [5.74, 6) is 2.09. The van der Waals surface area contributed by atoms with Gasteiger partial charge in [0.25, 0.3) is 17.1 Å². The Morgan fingerprint density at radius 1 is 1.27 bits per heavy atom. The third-order valence-electron chi connectivity index (χ3n) is 4.07. The number of aryl methyl sites for hydroxylation is 1. The molecule has 0 bridgehead atoms. The molecule has 2 aromatic carbocycles. The smallest absolute Gasteiger partial charge is 0.294 e. The van der Waals surface area contributed by atoms with Crippen LogP contribution in [0, 0.1) is 19.3 Å². The van der Waals surface area contributed by atoms with Crippen molar-refractivity contribution < 1.29 is 19.1 Å². The van der Waals surface area contributed by atoms with Crippen LogP contribution in [0.2, 0.25) is 0 Å². The van der Waals surface area contributed by atoms with Gasteiger partial charge < -0.3 is 10.1 Å². The van der Waals surface area contributed by atoms with E-state index in [1.54, 1.807) is 24.3 Å². The molecular formula is C22H17BrN2O4S. The van der Waals surface area contributed by atoms with Gasteiger partial charge in [0.05, 0.1) is 15.9 Å². The van der Waals surface area contributed by atoms with Crippen LogP contribution in [-0.2, 0) is 9.59 Å². The molecule has 1 N–H and O–H groups in total. The molecule has 1 fully saturated rings. The van der Waals surface area contributed by atoms with Crippen LogP contribution in [0.1, 0.15) is 11.1 Å². The lowest BCUT2D eigenvalue weighted by Crippen LogP contribution is -2.28. The van der Waals surface area contributed by atoms with E-state index in [0.29, 0.717) is 26.4 Å². The van der Waals surface area contributed by atoms with E-state index < -0.39 is 5.91 Å². The summed E-state index contributed by atoms with van der Waals surface area (Å²) in [6.07, 6.45) is 6.80. The lowest BCUT2D eigenvalue weighted by atomic mass is 10.2. The van der Waals surface area contributed by atoms with E-state index in [0.717, 1.165) is 22.2 Å². The van der Waals surface area contributed by atoms with E-state index >= 15 is 0 Å². The highest BCUT2D eigenvalue weighted by Crippen LogP contribution is 2.33. The maximum Gasteiger partial charge on any atom is 0.294 e. The normalized spacial score (nSPS) is 14.7. The number of nitrogens with zero attached hydrogens (tertiary/aromatic N) is 1. The van der Waals surface area contributed by atoms with Crippen LogP contribution in [0.15, 0.2) is 51.8 Å². The van der Waals surface area contributed by atoms with Gasteiger partial charge in [-0.05, 0) is 70.5 Å². The van der Waals surface area contributed by atoms with E-state index in [-0.39, 0.29) is 24.3 Å². The Labute approximate surface area is 186 Å². The molecule has 1 aliphatic rings. The first kappa shape index (κ1) is 21.7. The molecule has 3 amide bonds. The first-order valence-electron chi connectivity index (χ1n) is 8.85. The van der Waals surface area contributed by atoms with Gasteiger partial charge >= 0.3 is 0 Å². The summed E-state index contributed by atoms with van der Waals surface area (Å²) in [5, 5.41) is 2.38. The van der Waals surface area contributed by atoms with Gasteiger partial charge in [-0.15, -0.1) is 6.42 Å². The Morgan fingerprint density at radius 2 is 2.00 bits per heavy atom. The number of terminal acetylenes is 1. The summed E-state index contributed by atoms with van der Waals surface area (Å²) in [6, 6.07) is 12.6. The molecule has 1 saturated heterocycles. The van der Waals surface area contributed by atoms with Crippen LogP contribution in [0.25, 0.3) is 6.08 Å². The fraction of sp³-hybridized carbons (Fsp3) is 0.136. The number of carbonyl (C=O) groups excluding carboxylic acids is 3. The van der Waals surface area contributed by atoms with Crippen molar-refractivity contribution in [2.75, 3.05) is 18.5 Å². The molecule has 30 heavy (non-hydrogen) atoms. The van der Waals surface area contributed by atoms with E-state index in [9.17, 15) is 14.4 Å². The van der Waals surface area contributed by atoms with Crippen LogP contribution < -0.4 is 10.1 Å². The van der Waals surface area contributed by atoms with Gasteiger partial charge in [0.1, 0.15) is 5.75 Å². The number of hydrogen-bond donors (Lipinski definition) is 1. The van der Waals surface area contributed by atoms with E-state index in [1.807, 2.05) is 31.2 Å². The minimum Gasteiger partial charge on any atom is -0.483 e. The number of rotatable bonds is 6. The summed E-state index contributed by atoms with van der Waals surface area (Å²) in [6.45, 7) is 1.76. The molecule has 3 rings (SSSR count). The molecule has 0 atom stereocenters. The van der Waals surface area contributed by atoms with Crippen molar-refractivity contribution in [2.45, 2.75) is 6.92 Å². The Balaban J connectivity index is 1.62. The Hall–Kier alpha value is -3.02. The van der Waals surface area contributed by atoms with Gasteiger partial charge in [-0.3, -0.25) is 19.3 Å². The number of hydrogen-bond acceptors (Lipinski definition) is 5. The summed E-state index contributed by atoms with van der Waals surface area (Å²) in [5.41, 5.74) is 2.50. The highest BCUT2D eigenvalue weighted by molar-refractivity contribution is 9.10. The standard InChI is InChI=1S/C22H17BrN2O4S/c1-3-10-25-21(27)19(30-22(25)28)12-15-6-9-18(17(23)11-15)29-13-20(26)24-16-7-4-14(2)5-8-16/h1,4-9,11-12H,10,13H2,2H3,(H,24,26)/b19-12+. The zero-order valence-electron chi connectivity index (χ0n) is 16.0. The maximum atomic E-state index is 12.2. The van der Waals surface area contributed by atoms with Crippen LogP contribution in [0.3, 0.4) is 0 Å². The summed E-state index contributed by atoms with van der Waals surface area (Å²) in [7, 11) is 0. The number of carbonyl (C=O) groups is 3. The highest BCUT2D eigenvalue weighted by atomic mass is 79.9. The monoisotopic (exact) mass is 484 g/mol. The number of amides is 3. The van der Waals surface area contributed by atoms with Gasteiger partial charge in [0.15, 0.2) is 6.61 Å². The molecule has 0 aromatic heterocycles. The predicted molar refractivity (Wildman–Crippen MR) is 121 cm³/mol. The quantitative estimate of drug-likeness (QED) is 0.484. The van der Waals surface area contributed by atoms with Crippen molar-refractivity contribution >= 4 is 56.5 Å². The number of nitrogens with one attached hydrogen (secondary N) is 1. The lowest BCUT2D eigenvalue weighted by Gasteiger charge is -2.10. The molecule has 0 unspecified atom stereocenters. The van der Waals surface area contributed by atoms with Crippen molar-refractivity contribution in [2.24, 2.45) is 0 Å². The average Bonchev–Trinajstić information content (AvgIpc) is 2.97. The number of anilines is 1. The first-order chi connectivity index (χ1) is 14.4. The highest BCUT2D eigenvalue weighted by Gasteiger charge is 2.34. The molecule has 0 radical (unpaired) electrons. The zero-order valence-corrected chi connectivity index (χ0v) is 18.4. The van der Waals surface area contributed by atoms with E-state index in [2.05, 4.69) is 27.2 Å². The van der Waals surface area contributed by atoms with Crippen LogP contribution in [-0.4, -0.2) is 35.1 Å². The second-order valence-electron chi connectivity index (χ2n) is 6.36. The second-order valence-corrected chi connectivity index (χ2v) is 8.21. The fourth-order valence-electron chi connectivity index (χ4n) is 2.58. The molecule has 1 aliphatic heterocycles. The van der Waals surface area contributed by atoms with Crippen molar-refractivity contribution in [3.8, 4) is 18.1 Å². The topological polar surface area (TPSA) is 75.7 Å². The van der Waals surface area contributed by atoms with Crippen molar-refractivity contribution in [3.05, 3.63) is 63.0 Å². The van der Waals surface area contributed by atoms with Gasteiger partial charge in [-0.2, -0.15) is 0 Å². The average molecular weight is 485 g/mol. The Morgan fingerprint density at radius 3 is 2.67 bits per heavy atom. The minimum atomic E-state index is -0.410. The number of halogens is 1. The summed E-state index contributed by atoms with van der Waals surface area (Å²) in [4.78, 5) is 37.5. The number of imide groups is 1. The molecule has 8 heteroatoms. The van der Waals surface area contributed by atoms with Gasteiger partial charge in [0.2, 0.25) is 0 Å². The van der Waals surface area contributed by atoms with Crippen LogP contribution >= 0.6 is 27.7 Å². The molecule has 6 nitrogen and oxygen atoms in total. The van der Waals surface area contributed by atoms with Gasteiger partial charge in [-0.1, -0.05) is 29.7 Å². The lowest BCUT2D eigenvalue weighted by molar-refractivity contribution is -0.122. The molecular weight excluding hydrogens is 468 g/mol. The largest absolute Gasteiger partial charge is 0.483 e. The third kappa shape index (κ3) is 5.32. The first-order valence-corrected chi connectivity index (χ1v) is 10.5. The molecule has 0 spiro atoms. The fourth-order valence-corrected chi connectivity index (χ4v) is 3.93. The predicted octanol–water partition coefficient (Wildman–Crippen LogP) is 4.44. The minimum absolute atomic E-state index is 0.0524. The second kappa shape index (κ2) is 9.65. The Bertz CT molecular complexity index is 1070. The van der Waals surface area contributed by atoms with Crippen molar-refractivity contribution in [1.29, 1.82) is 0 Å². The SMILES string of the molecule is C#CCN1C(=O)S/C(=C/c2ccc(OCC(=O)Nc3ccc(C)cc3)c(Br)c2)C1=O. The molecule has 0 aliphatic carbocycles. The van der Waals surface area contributed by atoms with E-state index in [4.69, 9.17) is 11.2 Å². The van der Waals surface area contributed by atoms with Crippen LogP contribution in [0.4, 0.5) is 10.5 Å². The van der Waals surface area contributed by atoms with Gasteiger partial charge in [0, 0.05) is 5.69 Å². The van der Waals surface area contributed by atoms with Crippen molar-refractivity contribution in [3.63, 3.8) is 0 Å². The summed E-state index contributed by atoms with van der Waals surface area (Å²) < 4.78 is 6.18.